The fourth-order valence-electron chi connectivity index (χ4n) is 2.72. The van der Waals surface area contributed by atoms with Crippen molar-refractivity contribution in [3.63, 3.8) is 0 Å². The molecule has 9 nitrogen and oxygen atoms in total. The summed E-state index contributed by atoms with van der Waals surface area (Å²) in [5.41, 5.74) is 0.236. The number of aliphatic hydroxyl groups is 1. The van der Waals surface area contributed by atoms with Crippen LogP contribution in [0.15, 0.2) is 24.3 Å². The first-order chi connectivity index (χ1) is 12.7. The number of methoxy groups -OCH3 is 1. The summed E-state index contributed by atoms with van der Waals surface area (Å²) in [4.78, 5) is 35.3. The second-order valence-electron chi connectivity index (χ2n) is 5.98. The molecule has 0 aliphatic carbocycles. The second-order valence-corrected chi connectivity index (χ2v) is 5.98. The van der Waals surface area contributed by atoms with E-state index in [2.05, 4.69) is 0 Å². The summed E-state index contributed by atoms with van der Waals surface area (Å²) in [6, 6.07) is 6.20. The normalized spacial score (nSPS) is 27.4. The molecule has 2 rings (SSSR count). The molecule has 0 amide bonds. The van der Waals surface area contributed by atoms with Gasteiger partial charge in [0.15, 0.2) is 24.6 Å². The highest BCUT2D eigenvalue weighted by Gasteiger charge is 2.50. The highest BCUT2D eigenvalue weighted by Crippen LogP contribution is 2.28. The minimum absolute atomic E-state index is 0.236. The topological polar surface area (TPSA) is 118 Å². The monoisotopic (exact) mass is 382 g/mol. The van der Waals surface area contributed by atoms with Crippen LogP contribution < -0.4 is 4.74 Å². The van der Waals surface area contributed by atoms with Crippen LogP contribution in [0.25, 0.3) is 0 Å². The van der Waals surface area contributed by atoms with Crippen molar-refractivity contribution in [3.8, 4) is 5.75 Å². The first kappa shape index (κ1) is 20.7. The molecule has 5 atom stereocenters. The van der Waals surface area contributed by atoms with E-state index in [1.807, 2.05) is 0 Å². The number of rotatable bonds is 5. The number of carbonyl (C=O) groups is 3. The molecule has 1 aliphatic rings. The zero-order chi connectivity index (χ0) is 20.1. The van der Waals surface area contributed by atoms with Crippen LogP contribution in [-0.2, 0) is 28.5 Å². The Morgan fingerprint density at radius 2 is 1.48 bits per heavy atom. The van der Waals surface area contributed by atoms with Crippen LogP contribution in [0.3, 0.4) is 0 Å². The van der Waals surface area contributed by atoms with E-state index in [4.69, 9.17) is 23.7 Å². The lowest BCUT2D eigenvalue weighted by Crippen LogP contribution is -2.60. The Morgan fingerprint density at radius 1 is 0.926 bits per heavy atom. The Balaban J connectivity index is 2.24. The standard InChI is InChI=1S/C18H22O9/c1-9-14(27-17(21)12-5-7-13(23-4)8-6-12)15(25-10(2)19)16(18(22)24-9)26-11(3)20/h5-9,14-16,18,22H,1-4H3/t9-,14-,15+,16-,18+/m1/s1. The van der Waals surface area contributed by atoms with Gasteiger partial charge >= 0.3 is 17.9 Å². The predicted molar refractivity (Wildman–Crippen MR) is 89.9 cm³/mol. The van der Waals surface area contributed by atoms with Gasteiger partial charge in [-0.25, -0.2) is 4.79 Å². The molecule has 148 valence electrons. The van der Waals surface area contributed by atoms with Gasteiger partial charge in [0.1, 0.15) is 5.75 Å². The van der Waals surface area contributed by atoms with Gasteiger partial charge in [0.2, 0.25) is 0 Å². The summed E-state index contributed by atoms with van der Waals surface area (Å²) < 4.78 is 26.0. The Bertz CT molecular complexity index is 685. The fraction of sp³-hybridized carbons (Fsp3) is 0.500. The number of esters is 3. The van der Waals surface area contributed by atoms with Crippen molar-refractivity contribution in [2.75, 3.05) is 7.11 Å². The predicted octanol–water partition coefficient (Wildman–Crippen LogP) is 0.821. The van der Waals surface area contributed by atoms with Gasteiger partial charge in [0.25, 0.3) is 0 Å². The summed E-state index contributed by atoms with van der Waals surface area (Å²) in [6.45, 7) is 3.82. The van der Waals surface area contributed by atoms with Crippen molar-refractivity contribution in [1.82, 2.24) is 0 Å². The van der Waals surface area contributed by atoms with Crippen LogP contribution in [0, 0.1) is 0 Å². The number of hydrogen-bond acceptors (Lipinski definition) is 9. The van der Waals surface area contributed by atoms with E-state index >= 15 is 0 Å². The van der Waals surface area contributed by atoms with E-state index in [9.17, 15) is 19.5 Å². The molecule has 0 bridgehead atoms. The van der Waals surface area contributed by atoms with Gasteiger partial charge in [-0.3, -0.25) is 9.59 Å². The third-order valence-electron chi connectivity index (χ3n) is 3.92. The van der Waals surface area contributed by atoms with E-state index < -0.39 is 48.6 Å². The van der Waals surface area contributed by atoms with Crippen LogP contribution in [0.4, 0.5) is 0 Å². The molecular weight excluding hydrogens is 360 g/mol. The highest BCUT2D eigenvalue weighted by molar-refractivity contribution is 5.89. The SMILES string of the molecule is COc1ccc(C(=O)O[C@H]2[C@H](OC(C)=O)[C@@H](OC(C)=O)[C@@H](O)O[C@@H]2C)cc1. The minimum Gasteiger partial charge on any atom is -0.497 e. The van der Waals surface area contributed by atoms with Crippen LogP contribution in [0.2, 0.25) is 0 Å². The fourth-order valence-corrected chi connectivity index (χ4v) is 2.72. The number of carbonyl (C=O) groups excluding carboxylic acids is 3. The lowest BCUT2D eigenvalue weighted by atomic mass is 9.99. The first-order valence-electron chi connectivity index (χ1n) is 8.26. The Morgan fingerprint density at radius 3 is 2.00 bits per heavy atom. The molecule has 1 aromatic rings. The van der Waals surface area contributed by atoms with Gasteiger partial charge in [-0.2, -0.15) is 0 Å². The molecular formula is C18H22O9. The molecule has 1 heterocycles. The molecule has 27 heavy (non-hydrogen) atoms. The molecule has 0 radical (unpaired) electrons. The van der Waals surface area contributed by atoms with Crippen molar-refractivity contribution >= 4 is 17.9 Å². The largest absolute Gasteiger partial charge is 0.497 e. The Labute approximate surface area is 156 Å². The van der Waals surface area contributed by atoms with Gasteiger partial charge in [-0.1, -0.05) is 0 Å². The highest BCUT2D eigenvalue weighted by atomic mass is 16.7. The van der Waals surface area contributed by atoms with E-state index in [0.717, 1.165) is 13.8 Å². The summed E-state index contributed by atoms with van der Waals surface area (Å²) in [5, 5.41) is 10.1. The van der Waals surface area contributed by atoms with Gasteiger partial charge in [0.05, 0.1) is 18.8 Å². The Hall–Kier alpha value is -2.65. The summed E-state index contributed by atoms with van der Waals surface area (Å²) in [6.07, 6.45) is -6.03. The molecule has 0 spiro atoms. The van der Waals surface area contributed by atoms with Crippen LogP contribution in [0.1, 0.15) is 31.1 Å². The maximum atomic E-state index is 12.5. The van der Waals surface area contributed by atoms with Crippen molar-refractivity contribution < 1.29 is 43.2 Å². The number of benzene rings is 1. The van der Waals surface area contributed by atoms with E-state index in [1.54, 1.807) is 12.1 Å². The molecule has 0 aromatic heterocycles. The molecule has 1 saturated heterocycles. The van der Waals surface area contributed by atoms with E-state index in [1.165, 1.54) is 26.2 Å². The quantitative estimate of drug-likeness (QED) is 0.583. The van der Waals surface area contributed by atoms with Crippen molar-refractivity contribution in [2.24, 2.45) is 0 Å². The lowest BCUT2D eigenvalue weighted by molar-refractivity contribution is -0.284. The maximum Gasteiger partial charge on any atom is 0.338 e. The van der Waals surface area contributed by atoms with Crippen molar-refractivity contribution in [2.45, 2.75) is 51.5 Å². The maximum absolute atomic E-state index is 12.5. The van der Waals surface area contributed by atoms with E-state index in [0.29, 0.717) is 5.75 Å². The summed E-state index contributed by atoms with van der Waals surface area (Å²) in [5.74, 6) is -1.54. The smallest absolute Gasteiger partial charge is 0.338 e. The van der Waals surface area contributed by atoms with Crippen molar-refractivity contribution in [3.05, 3.63) is 29.8 Å². The number of hydrogen-bond donors (Lipinski definition) is 1. The third kappa shape index (κ3) is 5.18. The molecule has 1 aromatic carbocycles. The number of aliphatic hydroxyl groups excluding tert-OH is 1. The average Bonchev–Trinajstić information content (AvgIpc) is 2.60. The lowest BCUT2D eigenvalue weighted by Gasteiger charge is -2.41. The van der Waals surface area contributed by atoms with Crippen LogP contribution in [-0.4, -0.2) is 60.8 Å². The third-order valence-corrected chi connectivity index (χ3v) is 3.92. The average molecular weight is 382 g/mol. The number of ether oxygens (including phenoxy) is 5. The molecule has 0 unspecified atom stereocenters. The minimum atomic E-state index is -1.54. The zero-order valence-electron chi connectivity index (χ0n) is 15.4. The molecule has 1 fully saturated rings. The Kier molecular flexibility index (Phi) is 6.75. The van der Waals surface area contributed by atoms with Crippen molar-refractivity contribution in [1.29, 1.82) is 0 Å². The van der Waals surface area contributed by atoms with Gasteiger partial charge < -0.3 is 28.8 Å². The molecule has 0 saturated carbocycles. The molecule has 1 aliphatic heterocycles. The van der Waals surface area contributed by atoms with Gasteiger partial charge in [0, 0.05) is 13.8 Å². The van der Waals surface area contributed by atoms with Gasteiger partial charge in [-0.15, -0.1) is 0 Å². The summed E-state index contributed by atoms with van der Waals surface area (Å²) >= 11 is 0. The molecule has 1 N–H and O–H groups in total. The van der Waals surface area contributed by atoms with Crippen LogP contribution >= 0.6 is 0 Å². The van der Waals surface area contributed by atoms with Crippen LogP contribution in [0.5, 0.6) is 5.75 Å². The summed E-state index contributed by atoms with van der Waals surface area (Å²) in [7, 11) is 1.50. The van der Waals surface area contributed by atoms with E-state index in [-0.39, 0.29) is 5.56 Å². The molecule has 9 heteroatoms. The second kappa shape index (κ2) is 8.83. The van der Waals surface area contributed by atoms with Gasteiger partial charge in [-0.05, 0) is 31.2 Å². The first-order valence-corrected chi connectivity index (χ1v) is 8.26. The zero-order valence-corrected chi connectivity index (χ0v) is 15.4.